The SMILES string of the molecule is CC(O)(OC(F)(F)F)c1ccccc1. The molecule has 2 nitrogen and oxygen atoms in total. The van der Waals surface area contributed by atoms with Crippen molar-refractivity contribution in [2.24, 2.45) is 0 Å². The molecule has 0 saturated heterocycles. The predicted molar refractivity (Wildman–Crippen MR) is 43.2 cm³/mol. The van der Waals surface area contributed by atoms with Crippen LogP contribution in [0.15, 0.2) is 30.3 Å². The molecule has 0 bridgehead atoms. The fourth-order valence-electron chi connectivity index (χ4n) is 1.03. The van der Waals surface area contributed by atoms with Crippen molar-refractivity contribution in [1.29, 1.82) is 0 Å². The van der Waals surface area contributed by atoms with Crippen LogP contribution in [0.25, 0.3) is 0 Å². The summed E-state index contributed by atoms with van der Waals surface area (Å²) in [7, 11) is 0. The Morgan fingerprint density at radius 1 is 1.14 bits per heavy atom. The van der Waals surface area contributed by atoms with E-state index in [-0.39, 0.29) is 5.56 Å². The Morgan fingerprint density at radius 2 is 1.64 bits per heavy atom. The second kappa shape index (κ2) is 3.59. The molecule has 0 aliphatic heterocycles. The number of hydrogen-bond donors (Lipinski definition) is 1. The van der Waals surface area contributed by atoms with E-state index in [2.05, 4.69) is 4.74 Å². The summed E-state index contributed by atoms with van der Waals surface area (Å²) in [5.74, 6) is -2.35. The third-order valence-electron chi connectivity index (χ3n) is 1.62. The normalized spacial score (nSPS) is 16.4. The van der Waals surface area contributed by atoms with Gasteiger partial charge in [0.2, 0.25) is 0 Å². The topological polar surface area (TPSA) is 29.5 Å². The van der Waals surface area contributed by atoms with Crippen molar-refractivity contribution in [2.75, 3.05) is 0 Å². The van der Waals surface area contributed by atoms with Gasteiger partial charge in [-0.1, -0.05) is 30.3 Å². The van der Waals surface area contributed by atoms with Crippen molar-refractivity contribution in [2.45, 2.75) is 19.1 Å². The Bertz CT molecular complexity index is 293. The van der Waals surface area contributed by atoms with E-state index in [1.807, 2.05) is 0 Å². The summed E-state index contributed by atoms with van der Waals surface area (Å²) < 4.78 is 39.1. The van der Waals surface area contributed by atoms with E-state index in [0.29, 0.717) is 0 Å². The van der Waals surface area contributed by atoms with Gasteiger partial charge in [-0.15, -0.1) is 13.2 Å². The molecule has 0 aromatic heterocycles. The molecule has 0 aliphatic rings. The van der Waals surface area contributed by atoms with Gasteiger partial charge in [-0.25, -0.2) is 0 Å². The average Bonchev–Trinajstić information content (AvgIpc) is 2.01. The van der Waals surface area contributed by atoms with Crippen molar-refractivity contribution < 1.29 is 23.0 Å². The molecule has 14 heavy (non-hydrogen) atoms. The predicted octanol–water partition coefficient (Wildman–Crippen LogP) is 2.39. The fraction of sp³-hybridized carbons (Fsp3) is 0.333. The third-order valence-corrected chi connectivity index (χ3v) is 1.62. The number of alkyl halides is 3. The highest BCUT2D eigenvalue weighted by molar-refractivity contribution is 5.19. The quantitative estimate of drug-likeness (QED) is 0.753. The van der Waals surface area contributed by atoms with Crippen molar-refractivity contribution in [3.8, 4) is 0 Å². The summed E-state index contributed by atoms with van der Waals surface area (Å²) in [6.07, 6.45) is -4.86. The van der Waals surface area contributed by atoms with E-state index in [9.17, 15) is 18.3 Å². The van der Waals surface area contributed by atoms with Crippen LogP contribution < -0.4 is 0 Å². The summed E-state index contributed by atoms with van der Waals surface area (Å²) in [6.45, 7) is 0.940. The van der Waals surface area contributed by atoms with Crippen LogP contribution in [-0.2, 0) is 10.5 Å². The van der Waals surface area contributed by atoms with Gasteiger partial charge in [-0.3, -0.25) is 4.74 Å². The molecular weight excluding hydrogens is 197 g/mol. The molecule has 1 atom stereocenters. The van der Waals surface area contributed by atoms with Gasteiger partial charge in [0.25, 0.3) is 0 Å². The minimum atomic E-state index is -4.86. The first-order chi connectivity index (χ1) is 6.31. The second-order valence-electron chi connectivity index (χ2n) is 2.90. The summed E-state index contributed by atoms with van der Waals surface area (Å²) in [5.41, 5.74) is 0.0531. The lowest BCUT2D eigenvalue weighted by atomic mass is 10.1. The van der Waals surface area contributed by atoms with Crippen LogP contribution >= 0.6 is 0 Å². The zero-order valence-corrected chi connectivity index (χ0v) is 7.38. The van der Waals surface area contributed by atoms with Crippen LogP contribution in [0.4, 0.5) is 13.2 Å². The van der Waals surface area contributed by atoms with Crippen LogP contribution in [0, 0.1) is 0 Å². The number of rotatable bonds is 2. The van der Waals surface area contributed by atoms with Gasteiger partial charge in [0.05, 0.1) is 0 Å². The highest BCUT2D eigenvalue weighted by atomic mass is 19.4. The first-order valence-electron chi connectivity index (χ1n) is 3.86. The minimum absolute atomic E-state index is 0.0531. The first-order valence-corrected chi connectivity index (χ1v) is 3.86. The van der Waals surface area contributed by atoms with Crippen LogP contribution in [0.5, 0.6) is 0 Å². The molecule has 1 N–H and O–H groups in total. The molecule has 1 aromatic rings. The maximum atomic E-state index is 11.9. The van der Waals surface area contributed by atoms with Gasteiger partial charge in [0.1, 0.15) is 0 Å². The summed E-state index contributed by atoms with van der Waals surface area (Å²) >= 11 is 0. The second-order valence-corrected chi connectivity index (χ2v) is 2.90. The molecule has 0 aliphatic carbocycles. The zero-order chi connectivity index (χ0) is 10.8. The Hall–Kier alpha value is -1.07. The van der Waals surface area contributed by atoms with Crippen molar-refractivity contribution in [3.05, 3.63) is 35.9 Å². The number of hydrogen-bond acceptors (Lipinski definition) is 2. The lowest BCUT2D eigenvalue weighted by Crippen LogP contribution is -2.32. The Labute approximate surface area is 78.9 Å². The molecule has 0 radical (unpaired) electrons. The number of benzene rings is 1. The van der Waals surface area contributed by atoms with Crippen molar-refractivity contribution in [1.82, 2.24) is 0 Å². The Balaban J connectivity index is 2.86. The Morgan fingerprint density at radius 3 is 2.07 bits per heavy atom. The van der Waals surface area contributed by atoms with Gasteiger partial charge in [0, 0.05) is 5.56 Å². The van der Waals surface area contributed by atoms with Gasteiger partial charge >= 0.3 is 6.36 Å². The van der Waals surface area contributed by atoms with Gasteiger partial charge in [0.15, 0.2) is 5.79 Å². The van der Waals surface area contributed by atoms with Crippen LogP contribution in [0.1, 0.15) is 12.5 Å². The molecular formula is C9H9F3O2. The van der Waals surface area contributed by atoms with Crippen LogP contribution in [0.2, 0.25) is 0 Å². The third kappa shape index (κ3) is 3.01. The van der Waals surface area contributed by atoms with Crippen LogP contribution in [-0.4, -0.2) is 11.5 Å². The maximum Gasteiger partial charge on any atom is 0.525 e. The van der Waals surface area contributed by atoms with Gasteiger partial charge in [-0.05, 0) is 6.92 Å². The van der Waals surface area contributed by atoms with Gasteiger partial charge < -0.3 is 5.11 Å². The average molecular weight is 206 g/mol. The molecule has 0 heterocycles. The van der Waals surface area contributed by atoms with Crippen molar-refractivity contribution in [3.63, 3.8) is 0 Å². The van der Waals surface area contributed by atoms with Gasteiger partial charge in [-0.2, -0.15) is 0 Å². The van der Waals surface area contributed by atoms with E-state index in [0.717, 1.165) is 6.92 Å². The zero-order valence-electron chi connectivity index (χ0n) is 7.38. The van der Waals surface area contributed by atoms with E-state index < -0.39 is 12.1 Å². The van der Waals surface area contributed by atoms with E-state index >= 15 is 0 Å². The molecule has 78 valence electrons. The molecule has 0 saturated carbocycles. The van der Waals surface area contributed by atoms with Crippen LogP contribution in [0.3, 0.4) is 0 Å². The lowest BCUT2D eigenvalue weighted by Gasteiger charge is -2.24. The first kappa shape index (κ1) is 11.0. The van der Waals surface area contributed by atoms with E-state index in [1.165, 1.54) is 24.3 Å². The highest BCUT2D eigenvalue weighted by Crippen LogP contribution is 2.30. The number of aliphatic hydroxyl groups is 1. The fourth-order valence-corrected chi connectivity index (χ4v) is 1.03. The molecule has 5 heteroatoms. The van der Waals surface area contributed by atoms with E-state index in [4.69, 9.17) is 0 Å². The molecule has 0 fully saturated rings. The summed E-state index contributed by atoms with van der Waals surface area (Å²) in [6, 6.07) is 7.37. The molecule has 1 aromatic carbocycles. The lowest BCUT2D eigenvalue weighted by molar-refractivity contribution is -0.410. The number of halogens is 3. The Kier molecular flexibility index (Phi) is 2.82. The molecule has 0 amide bonds. The maximum absolute atomic E-state index is 11.9. The molecule has 1 rings (SSSR count). The summed E-state index contributed by atoms with van der Waals surface area (Å²) in [4.78, 5) is 0. The standard InChI is InChI=1S/C9H9F3O2/c1-8(13,14-9(10,11)12)7-5-3-2-4-6-7/h2-6,13H,1H3. The van der Waals surface area contributed by atoms with Crippen molar-refractivity contribution >= 4 is 0 Å². The minimum Gasteiger partial charge on any atom is -0.362 e. The number of ether oxygens (including phenoxy) is 1. The molecule has 1 unspecified atom stereocenters. The monoisotopic (exact) mass is 206 g/mol. The largest absolute Gasteiger partial charge is 0.525 e. The van der Waals surface area contributed by atoms with E-state index in [1.54, 1.807) is 6.07 Å². The highest BCUT2D eigenvalue weighted by Gasteiger charge is 2.40. The summed E-state index contributed by atoms with van der Waals surface area (Å²) in [5, 5.41) is 9.38. The smallest absolute Gasteiger partial charge is 0.362 e. The molecule has 0 spiro atoms.